The van der Waals surface area contributed by atoms with Gasteiger partial charge >= 0.3 is 5.97 Å². The van der Waals surface area contributed by atoms with Crippen molar-refractivity contribution >= 4 is 39.5 Å². The Morgan fingerprint density at radius 2 is 1.73 bits per heavy atom. The zero-order valence-corrected chi connectivity index (χ0v) is 21.7. The highest BCUT2D eigenvalue weighted by Gasteiger charge is 2.36. The number of carbonyl (C=O) groups excluding carboxylic acids is 1. The molecular weight excluding hydrogens is 506 g/mol. The lowest BCUT2D eigenvalue weighted by Gasteiger charge is -2.21. The van der Waals surface area contributed by atoms with Crippen molar-refractivity contribution in [1.82, 2.24) is 20.0 Å². The van der Waals surface area contributed by atoms with Crippen molar-refractivity contribution in [2.75, 3.05) is 0 Å². The Hall–Kier alpha value is -5.18. The van der Waals surface area contributed by atoms with Crippen LogP contribution in [0.4, 0.5) is 0 Å². The van der Waals surface area contributed by atoms with Crippen molar-refractivity contribution in [3.63, 3.8) is 0 Å². The number of aryl methyl sites for hydroxylation is 1. The Bertz CT molecular complexity index is 1880. The fraction of sp³-hybridized carbons (Fsp3) is 0.161. The molecule has 1 amide bonds. The Morgan fingerprint density at radius 3 is 2.50 bits per heavy atom. The molecule has 9 nitrogen and oxygen atoms in total. The minimum Gasteiger partial charge on any atom is -0.481 e. The summed E-state index contributed by atoms with van der Waals surface area (Å²) in [6, 6.07) is 22.2. The SMILES string of the molecule is Cc1ccc2[nH]c(=O)c(C3=NN(C(=O)CCC(=O)O)C(c4cnc5ccccc5n4)C3)c(-c3ccccc3)c2c1. The fourth-order valence-electron chi connectivity index (χ4n) is 5.17. The molecule has 0 radical (unpaired) electrons. The number of H-pyrrole nitrogens is 1. The number of hydrogen-bond acceptors (Lipinski definition) is 6. The predicted octanol–water partition coefficient (Wildman–Crippen LogP) is 4.99. The highest BCUT2D eigenvalue weighted by Crippen LogP contribution is 2.37. The van der Waals surface area contributed by atoms with Crippen LogP contribution in [0.3, 0.4) is 0 Å². The summed E-state index contributed by atoms with van der Waals surface area (Å²) in [5, 5.41) is 16.0. The first-order chi connectivity index (χ1) is 19.4. The van der Waals surface area contributed by atoms with Crippen LogP contribution >= 0.6 is 0 Å². The lowest BCUT2D eigenvalue weighted by Crippen LogP contribution is -2.28. The van der Waals surface area contributed by atoms with Crippen LogP contribution in [0.15, 0.2) is 88.9 Å². The average molecular weight is 532 g/mol. The van der Waals surface area contributed by atoms with Gasteiger partial charge in [0.25, 0.3) is 5.56 Å². The second kappa shape index (κ2) is 10.2. The number of nitrogens with zero attached hydrogens (tertiary/aromatic N) is 4. The van der Waals surface area contributed by atoms with Gasteiger partial charge in [0, 0.05) is 29.3 Å². The number of carboxylic acid groups (broad SMARTS) is 1. The Labute approximate surface area is 228 Å². The molecule has 198 valence electrons. The standard InChI is InChI=1S/C31H25N5O4/c1-18-11-12-21-20(15-18)29(19-7-3-2-4-8-19)30(31(40)34-21)24-16-26(36(35-24)27(37)13-14-28(38)39)25-17-32-22-9-5-6-10-23(22)33-25/h2-12,15,17,26H,13-14,16H2,1H3,(H,34,40)(H,38,39). The molecule has 0 bridgehead atoms. The quantitative estimate of drug-likeness (QED) is 0.318. The van der Waals surface area contributed by atoms with Gasteiger partial charge in [0.15, 0.2) is 0 Å². The summed E-state index contributed by atoms with van der Waals surface area (Å²) in [5.41, 5.74) is 5.66. The van der Waals surface area contributed by atoms with Crippen LogP contribution in [0.5, 0.6) is 0 Å². The van der Waals surface area contributed by atoms with E-state index < -0.39 is 17.9 Å². The molecule has 0 spiro atoms. The molecular formula is C31H25N5O4. The number of hydrogen-bond donors (Lipinski definition) is 2. The summed E-state index contributed by atoms with van der Waals surface area (Å²) in [5.74, 6) is -1.54. The van der Waals surface area contributed by atoms with Crippen LogP contribution in [0.1, 0.15) is 42.1 Å². The van der Waals surface area contributed by atoms with Crippen LogP contribution in [0.25, 0.3) is 33.1 Å². The third-order valence-electron chi connectivity index (χ3n) is 7.05. The minimum atomic E-state index is -1.08. The maximum atomic E-state index is 13.7. The number of carboxylic acids is 1. The van der Waals surface area contributed by atoms with Gasteiger partial charge in [0.1, 0.15) is 6.04 Å². The molecule has 2 aromatic heterocycles. The maximum Gasteiger partial charge on any atom is 0.303 e. The summed E-state index contributed by atoms with van der Waals surface area (Å²) >= 11 is 0. The van der Waals surface area contributed by atoms with Crippen LogP contribution in [-0.2, 0) is 9.59 Å². The number of aliphatic carboxylic acids is 1. The molecule has 9 heteroatoms. The molecule has 1 atom stereocenters. The van der Waals surface area contributed by atoms with E-state index in [0.717, 1.165) is 22.1 Å². The third kappa shape index (κ3) is 4.62. The molecule has 1 unspecified atom stereocenters. The normalized spacial score (nSPS) is 15.0. The largest absolute Gasteiger partial charge is 0.481 e. The third-order valence-corrected chi connectivity index (χ3v) is 7.05. The Morgan fingerprint density at radius 1 is 0.975 bits per heavy atom. The second-order valence-corrected chi connectivity index (χ2v) is 9.80. The summed E-state index contributed by atoms with van der Waals surface area (Å²) in [6.45, 7) is 1.99. The number of hydrazone groups is 1. The van der Waals surface area contributed by atoms with Crippen LogP contribution < -0.4 is 5.56 Å². The lowest BCUT2D eigenvalue weighted by molar-refractivity contribution is -0.141. The van der Waals surface area contributed by atoms with Gasteiger partial charge in [-0.15, -0.1) is 0 Å². The Balaban J connectivity index is 1.53. The molecule has 3 aromatic carbocycles. The van der Waals surface area contributed by atoms with E-state index in [1.54, 1.807) is 6.20 Å². The number of rotatable bonds is 6. The summed E-state index contributed by atoms with van der Waals surface area (Å²) in [6.07, 6.45) is 1.25. The van der Waals surface area contributed by atoms with E-state index in [9.17, 15) is 19.5 Å². The highest BCUT2D eigenvalue weighted by molar-refractivity contribution is 6.13. The van der Waals surface area contributed by atoms with E-state index >= 15 is 0 Å². The van der Waals surface area contributed by atoms with Crippen LogP contribution in [0, 0.1) is 6.92 Å². The molecule has 1 aliphatic rings. The van der Waals surface area contributed by atoms with Gasteiger partial charge < -0.3 is 10.1 Å². The molecule has 1 aliphatic heterocycles. The number of aromatic amines is 1. The number of para-hydroxylation sites is 2. The van der Waals surface area contributed by atoms with Gasteiger partial charge in [0.05, 0.1) is 40.6 Å². The molecule has 0 aliphatic carbocycles. The topological polar surface area (TPSA) is 129 Å². The molecule has 40 heavy (non-hydrogen) atoms. The van der Waals surface area contributed by atoms with E-state index in [-0.39, 0.29) is 24.8 Å². The molecule has 0 fully saturated rings. The molecule has 5 aromatic rings. The number of amides is 1. The molecule has 3 heterocycles. The molecule has 2 N–H and O–H groups in total. The highest BCUT2D eigenvalue weighted by atomic mass is 16.4. The first kappa shape index (κ1) is 25.1. The summed E-state index contributed by atoms with van der Waals surface area (Å²) < 4.78 is 0. The van der Waals surface area contributed by atoms with Gasteiger partial charge in [-0.25, -0.2) is 9.99 Å². The van der Waals surface area contributed by atoms with Crippen molar-refractivity contribution in [3.8, 4) is 11.1 Å². The predicted molar refractivity (Wildman–Crippen MR) is 152 cm³/mol. The van der Waals surface area contributed by atoms with Crippen molar-refractivity contribution < 1.29 is 14.7 Å². The first-order valence-electron chi connectivity index (χ1n) is 12.9. The zero-order valence-electron chi connectivity index (χ0n) is 21.7. The second-order valence-electron chi connectivity index (χ2n) is 9.80. The number of benzene rings is 3. The first-order valence-corrected chi connectivity index (χ1v) is 12.9. The molecule has 0 saturated heterocycles. The van der Waals surface area contributed by atoms with E-state index in [1.165, 1.54) is 5.01 Å². The number of carbonyl (C=O) groups is 2. The van der Waals surface area contributed by atoms with Crippen LogP contribution in [0.2, 0.25) is 0 Å². The van der Waals surface area contributed by atoms with Gasteiger partial charge in [-0.2, -0.15) is 5.10 Å². The van der Waals surface area contributed by atoms with Crippen molar-refractivity contribution in [3.05, 3.63) is 106 Å². The number of fused-ring (bicyclic) bond motifs is 2. The van der Waals surface area contributed by atoms with E-state index in [0.29, 0.717) is 33.5 Å². The van der Waals surface area contributed by atoms with Crippen molar-refractivity contribution in [2.24, 2.45) is 5.10 Å². The lowest BCUT2D eigenvalue weighted by atomic mass is 9.91. The van der Waals surface area contributed by atoms with E-state index in [2.05, 4.69) is 15.1 Å². The Kier molecular flexibility index (Phi) is 6.39. The number of nitrogens with one attached hydrogen (secondary N) is 1. The van der Waals surface area contributed by atoms with Crippen LogP contribution in [-0.4, -0.2) is 42.7 Å². The van der Waals surface area contributed by atoms with Crippen molar-refractivity contribution in [1.29, 1.82) is 0 Å². The maximum absolute atomic E-state index is 13.7. The minimum absolute atomic E-state index is 0.214. The fourth-order valence-corrected chi connectivity index (χ4v) is 5.17. The summed E-state index contributed by atoms with van der Waals surface area (Å²) in [4.78, 5) is 50.4. The van der Waals surface area contributed by atoms with E-state index in [4.69, 9.17) is 4.98 Å². The van der Waals surface area contributed by atoms with Gasteiger partial charge in [-0.05, 0) is 36.8 Å². The number of aromatic nitrogens is 3. The zero-order chi connectivity index (χ0) is 27.8. The number of pyridine rings is 1. The van der Waals surface area contributed by atoms with E-state index in [1.807, 2.05) is 79.7 Å². The molecule has 0 saturated carbocycles. The summed E-state index contributed by atoms with van der Waals surface area (Å²) in [7, 11) is 0. The van der Waals surface area contributed by atoms with Crippen molar-refractivity contribution in [2.45, 2.75) is 32.2 Å². The van der Waals surface area contributed by atoms with Gasteiger partial charge in [-0.3, -0.25) is 19.4 Å². The monoisotopic (exact) mass is 531 g/mol. The molecule has 6 rings (SSSR count). The van der Waals surface area contributed by atoms with Gasteiger partial charge in [0.2, 0.25) is 5.91 Å². The van der Waals surface area contributed by atoms with Gasteiger partial charge in [-0.1, -0.05) is 54.1 Å². The smallest absolute Gasteiger partial charge is 0.303 e. The average Bonchev–Trinajstić information content (AvgIpc) is 3.41.